The van der Waals surface area contributed by atoms with Crippen molar-refractivity contribution in [2.45, 2.75) is 33.2 Å². The average Bonchev–Trinajstić information content (AvgIpc) is 1.81. The molecule has 0 rings (SSSR count). The molecule has 0 aliphatic carbocycles. The number of hydrogen-bond acceptors (Lipinski definition) is 3. The monoisotopic (exact) mass is 209 g/mol. The van der Waals surface area contributed by atoms with E-state index >= 15 is 0 Å². The average molecular weight is 209 g/mol. The van der Waals surface area contributed by atoms with Crippen LogP contribution in [0.15, 0.2) is 0 Å². The molecular formula is C8H19NO3S. The van der Waals surface area contributed by atoms with Crippen molar-refractivity contribution in [3.63, 3.8) is 0 Å². The molecule has 0 aromatic heterocycles. The van der Waals surface area contributed by atoms with E-state index < -0.39 is 15.6 Å². The fourth-order valence-electron chi connectivity index (χ4n) is 0.934. The lowest BCUT2D eigenvalue weighted by molar-refractivity contribution is 0.208. The summed E-state index contributed by atoms with van der Waals surface area (Å²) in [6, 6.07) is 0. The van der Waals surface area contributed by atoms with Gasteiger partial charge in [0.2, 0.25) is 10.0 Å². The van der Waals surface area contributed by atoms with Crippen LogP contribution < -0.4 is 4.72 Å². The Morgan fingerprint density at radius 3 is 2.15 bits per heavy atom. The Hall–Kier alpha value is -0.130. The summed E-state index contributed by atoms with van der Waals surface area (Å²) in [5.41, 5.74) is -0.770. The molecule has 0 saturated heterocycles. The van der Waals surface area contributed by atoms with E-state index in [2.05, 4.69) is 4.72 Å². The Balaban J connectivity index is 4.35. The second-order valence-electron chi connectivity index (χ2n) is 4.32. The molecule has 5 heteroatoms. The Kier molecular flexibility index (Phi) is 4.35. The first-order valence-corrected chi connectivity index (χ1v) is 5.96. The standard InChI is InChI=1S/C8H19NO3S/c1-7(2)5-13(11,12)9-8(3,4)6-10/h7,9-10H,5-6H2,1-4H3. The third-order valence-corrected chi connectivity index (χ3v) is 3.35. The molecule has 0 unspecified atom stereocenters. The van der Waals surface area contributed by atoms with Crippen LogP contribution in [0.5, 0.6) is 0 Å². The molecule has 0 bridgehead atoms. The van der Waals surface area contributed by atoms with Crippen LogP contribution in [-0.2, 0) is 10.0 Å². The van der Waals surface area contributed by atoms with E-state index in [-0.39, 0.29) is 18.3 Å². The molecule has 0 radical (unpaired) electrons. The highest BCUT2D eigenvalue weighted by atomic mass is 32.2. The number of rotatable bonds is 5. The Morgan fingerprint density at radius 2 is 1.85 bits per heavy atom. The highest BCUT2D eigenvalue weighted by molar-refractivity contribution is 7.89. The summed E-state index contributed by atoms with van der Waals surface area (Å²) in [7, 11) is -3.26. The highest BCUT2D eigenvalue weighted by Crippen LogP contribution is 2.05. The zero-order valence-corrected chi connectivity index (χ0v) is 9.48. The Bertz CT molecular complexity index is 244. The summed E-state index contributed by atoms with van der Waals surface area (Å²) < 4.78 is 25.2. The Labute approximate surface area is 80.4 Å². The molecule has 0 heterocycles. The maximum absolute atomic E-state index is 11.4. The molecule has 0 amide bonds. The van der Waals surface area contributed by atoms with Crippen molar-refractivity contribution < 1.29 is 13.5 Å². The van der Waals surface area contributed by atoms with E-state index in [9.17, 15) is 8.42 Å². The predicted molar refractivity (Wildman–Crippen MR) is 52.9 cm³/mol. The fraction of sp³-hybridized carbons (Fsp3) is 1.00. The van der Waals surface area contributed by atoms with Crippen molar-refractivity contribution >= 4 is 10.0 Å². The van der Waals surface area contributed by atoms with E-state index in [4.69, 9.17) is 5.11 Å². The largest absolute Gasteiger partial charge is 0.394 e. The van der Waals surface area contributed by atoms with Crippen molar-refractivity contribution in [1.82, 2.24) is 4.72 Å². The summed E-state index contributed by atoms with van der Waals surface area (Å²) in [5.74, 6) is 0.183. The van der Waals surface area contributed by atoms with Crippen molar-refractivity contribution in [2.24, 2.45) is 5.92 Å². The zero-order valence-electron chi connectivity index (χ0n) is 8.66. The van der Waals surface area contributed by atoms with Gasteiger partial charge in [0.05, 0.1) is 17.9 Å². The van der Waals surface area contributed by atoms with E-state index in [0.717, 1.165) is 0 Å². The second-order valence-corrected chi connectivity index (χ2v) is 6.09. The van der Waals surface area contributed by atoms with E-state index in [1.165, 1.54) is 0 Å². The molecule has 0 spiro atoms. The van der Waals surface area contributed by atoms with Gasteiger partial charge >= 0.3 is 0 Å². The van der Waals surface area contributed by atoms with Crippen molar-refractivity contribution in [3.8, 4) is 0 Å². The highest BCUT2D eigenvalue weighted by Gasteiger charge is 2.24. The van der Waals surface area contributed by atoms with Crippen LogP contribution in [0, 0.1) is 5.92 Å². The number of sulfonamides is 1. The second kappa shape index (κ2) is 4.39. The van der Waals surface area contributed by atoms with Crippen LogP contribution in [0.2, 0.25) is 0 Å². The summed E-state index contributed by atoms with van der Waals surface area (Å²) in [6.07, 6.45) is 0. The first-order chi connectivity index (χ1) is 5.68. The number of aliphatic hydroxyl groups is 1. The number of hydrogen-bond donors (Lipinski definition) is 2. The lowest BCUT2D eigenvalue weighted by Crippen LogP contribution is -2.47. The van der Waals surface area contributed by atoms with Gasteiger partial charge in [-0.05, 0) is 19.8 Å². The summed E-state index contributed by atoms with van der Waals surface area (Å²) in [4.78, 5) is 0. The molecule has 0 saturated carbocycles. The van der Waals surface area contributed by atoms with Crippen molar-refractivity contribution in [2.75, 3.05) is 12.4 Å². The quantitative estimate of drug-likeness (QED) is 0.686. The van der Waals surface area contributed by atoms with Gasteiger partial charge in [-0.15, -0.1) is 0 Å². The van der Waals surface area contributed by atoms with Gasteiger partial charge in [0, 0.05) is 0 Å². The predicted octanol–water partition coefficient (Wildman–Crippen LogP) is 0.333. The molecule has 80 valence electrons. The van der Waals surface area contributed by atoms with Crippen molar-refractivity contribution in [1.29, 1.82) is 0 Å². The molecule has 0 aliphatic heterocycles. The first-order valence-electron chi connectivity index (χ1n) is 4.31. The normalized spacial score (nSPS) is 13.7. The molecule has 0 aromatic rings. The van der Waals surface area contributed by atoms with Crippen LogP contribution in [0.3, 0.4) is 0 Å². The van der Waals surface area contributed by atoms with Gasteiger partial charge in [-0.1, -0.05) is 13.8 Å². The van der Waals surface area contributed by atoms with Gasteiger partial charge in [-0.25, -0.2) is 13.1 Å². The van der Waals surface area contributed by atoms with Crippen molar-refractivity contribution in [3.05, 3.63) is 0 Å². The first kappa shape index (κ1) is 12.9. The van der Waals surface area contributed by atoms with E-state index in [1.54, 1.807) is 13.8 Å². The maximum Gasteiger partial charge on any atom is 0.212 e. The van der Waals surface area contributed by atoms with E-state index in [0.29, 0.717) is 0 Å². The molecule has 0 fully saturated rings. The molecule has 13 heavy (non-hydrogen) atoms. The maximum atomic E-state index is 11.4. The molecular weight excluding hydrogens is 190 g/mol. The van der Waals surface area contributed by atoms with Gasteiger partial charge in [-0.3, -0.25) is 0 Å². The summed E-state index contributed by atoms with van der Waals surface area (Å²) in [6.45, 7) is 6.76. The molecule has 0 atom stereocenters. The van der Waals surface area contributed by atoms with E-state index in [1.807, 2.05) is 13.8 Å². The third kappa shape index (κ3) is 6.01. The molecule has 0 aliphatic rings. The number of aliphatic hydroxyl groups excluding tert-OH is 1. The van der Waals surface area contributed by atoms with Crippen LogP contribution in [0.25, 0.3) is 0 Å². The zero-order chi connectivity index (χ0) is 10.7. The fourth-order valence-corrected chi connectivity index (χ4v) is 2.80. The lowest BCUT2D eigenvalue weighted by atomic mass is 10.1. The smallest absolute Gasteiger partial charge is 0.212 e. The van der Waals surface area contributed by atoms with Gasteiger partial charge < -0.3 is 5.11 Å². The Morgan fingerprint density at radius 1 is 1.38 bits per heavy atom. The molecule has 0 aromatic carbocycles. The van der Waals surface area contributed by atoms with Gasteiger partial charge in [0.1, 0.15) is 0 Å². The van der Waals surface area contributed by atoms with Gasteiger partial charge in [-0.2, -0.15) is 0 Å². The van der Waals surface area contributed by atoms with Gasteiger partial charge in [0.15, 0.2) is 0 Å². The van der Waals surface area contributed by atoms with Crippen LogP contribution in [0.4, 0.5) is 0 Å². The number of nitrogens with one attached hydrogen (secondary N) is 1. The summed E-state index contributed by atoms with van der Waals surface area (Å²) >= 11 is 0. The third-order valence-electron chi connectivity index (χ3n) is 1.38. The topological polar surface area (TPSA) is 66.4 Å². The van der Waals surface area contributed by atoms with Crippen LogP contribution in [0.1, 0.15) is 27.7 Å². The minimum absolute atomic E-state index is 0.0898. The van der Waals surface area contributed by atoms with Crippen LogP contribution in [-0.4, -0.2) is 31.4 Å². The minimum atomic E-state index is -3.26. The molecule has 2 N–H and O–H groups in total. The SMILES string of the molecule is CC(C)CS(=O)(=O)NC(C)(C)CO. The van der Waals surface area contributed by atoms with Crippen LogP contribution >= 0.6 is 0 Å². The minimum Gasteiger partial charge on any atom is -0.394 e. The summed E-state index contributed by atoms with van der Waals surface area (Å²) in [5, 5.41) is 8.86. The molecule has 4 nitrogen and oxygen atoms in total. The van der Waals surface area contributed by atoms with Gasteiger partial charge in [0.25, 0.3) is 0 Å². The lowest BCUT2D eigenvalue weighted by Gasteiger charge is -2.23.